The third kappa shape index (κ3) is 3.35. The number of nitro benzene ring substituents is 1. The van der Waals surface area contributed by atoms with E-state index in [4.69, 9.17) is 4.74 Å². The monoisotopic (exact) mass is 322 g/mol. The van der Waals surface area contributed by atoms with E-state index in [-0.39, 0.29) is 5.69 Å². The highest BCUT2D eigenvalue weighted by Crippen LogP contribution is 2.32. The van der Waals surface area contributed by atoms with Crippen molar-refractivity contribution < 1.29 is 9.66 Å². The topological polar surface area (TPSA) is 65.3 Å². The van der Waals surface area contributed by atoms with Gasteiger partial charge in [0.05, 0.1) is 22.7 Å². The molecule has 0 saturated carbocycles. The molecule has 24 heavy (non-hydrogen) atoms. The smallest absolute Gasteiger partial charge is 0.270 e. The molecule has 0 fully saturated rings. The Morgan fingerprint density at radius 3 is 2.62 bits per heavy atom. The summed E-state index contributed by atoms with van der Waals surface area (Å²) in [6, 6.07) is 16.3. The number of pyridine rings is 1. The third-order valence-electron chi connectivity index (χ3n) is 3.79. The number of rotatable bonds is 6. The summed E-state index contributed by atoms with van der Waals surface area (Å²) in [5, 5.41) is 11.7. The van der Waals surface area contributed by atoms with Crippen molar-refractivity contribution in [1.82, 2.24) is 4.98 Å². The number of ether oxygens (including phenoxy) is 1. The molecule has 2 aromatic carbocycles. The molecule has 0 N–H and O–H groups in total. The minimum absolute atomic E-state index is 0.0390. The molecule has 3 rings (SSSR count). The Labute approximate surface area is 140 Å². The molecule has 0 atom stereocenters. The predicted octanol–water partition coefficient (Wildman–Crippen LogP) is 4.99. The fraction of sp³-hybridized carbons (Fsp3) is 0.211. The second-order valence-electron chi connectivity index (χ2n) is 5.53. The number of nitrogens with zero attached hydrogens (tertiary/aromatic N) is 2. The lowest BCUT2D eigenvalue weighted by Gasteiger charge is -2.11. The van der Waals surface area contributed by atoms with Gasteiger partial charge in [-0.25, -0.2) is 4.98 Å². The minimum atomic E-state index is -0.402. The van der Waals surface area contributed by atoms with Gasteiger partial charge in [-0.2, -0.15) is 0 Å². The van der Waals surface area contributed by atoms with Crippen LogP contribution in [0.3, 0.4) is 0 Å². The van der Waals surface area contributed by atoms with Crippen molar-refractivity contribution in [2.24, 2.45) is 0 Å². The molecule has 0 aliphatic heterocycles. The fourth-order valence-corrected chi connectivity index (χ4v) is 2.50. The van der Waals surface area contributed by atoms with Gasteiger partial charge in [-0.15, -0.1) is 0 Å². The van der Waals surface area contributed by atoms with Crippen molar-refractivity contribution in [1.29, 1.82) is 0 Å². The van der Waals surface area contributed by atoms with E-state index in [2.05, 4.69) is 11.9 Å². The summed E-state index contributed by atoms with van der Waals surface area (Å²) in [6.07, 6.45) is 1.95. The van der Waals surface area contributed by atoms with Crippen LogP contribution in [0, 0.1) is 10.1 Å². The molecule has 0 spiro atoms. The highest BCUT2D eigenvalue weighted by molar-refractivity contribution is 5.89. The van der Waals surface area contributed by atoms with Gasteiger partial charge in [0, 0.05) is 29.1 Å². The molecule has 0 radical (unpaired) electrons. The van der Waals surface area contributed by atoms with E-state index in [1.54, 1.807) is 6.07 Å². The largest absolute Gasteiger partial charge is 0.493 e. The second kappa shape index (κ2) is 7.08. The molecule has 5 nitrogen and oxygen atoms in total. The lowest BCUT2D eigenvalue weighted by atomic mass is 10.1. The summed E-state index contributed by atoms with van der Waals surface area (Å²) < 4.78 is 5.89. The number of aromatic nitrogens is 1. The summed E-state index contributed by atoms with van der Waals surface area (Å²) in [5.74, 6) is 0.635. The summed E-state index contributed by atoms with van der Waals surface area (Å²) in [5.41, 5.74) is 2.51. The lowest BCUT2D eigenvalue weighted by molar-refractivity contribution is -0.384. The first-order valence-electron chi connectivity index (χ1n) is 7.96. The van der Waals surface area contributed by atoms with Crippen LogP contribution in [-0.4, -0.2) is 16.5 Å². The first kappa shape index (κ1) is 15.9. The molecule has 0 bridgehead atoms. The number of hydrogen-bond donors (Lipinski definition) is 0. The first-order chi connectivity index (χ1) is 11.7. The number of non-ortho nitro benzene ring substituents is 1. The number of benzene rings is 2. The molecule has 0 aliphatic rings. The summed E-state index contributed by atoms with van der Waals surface area (Å²) in [7, 11) is 0. The van der Waals surface area contributed by atoms with Gasteiger partial charge in [-0.3, -0.25) is 10.1 Å². The molecule has 122 valence electrons. The highest BCUT2D eigenvalue weighted by Gasteiger charge is 2.13. The van der Waals surface area contributed by atoms with E-state index in [0.717, 1.165) is 24.1 Å². The maximum Gasteiger partial charge on any atom is 0.270 e. The zero-order valence-corrected chi connectivity index (χ0v) is 13.4. The zero-order valence-electron chi connectivity index (χ0n) is 13.4. The molecule has 0 aliphatic carbocycles. The number of fused-ring (bicyclic) bond motifs is 1. The molecule has 0 amide bonds. The van der Waals surface area contributed by atoms with Crippen LogP contribution in [0.15, 0.2) is 54.6 Å². The van der Waals surface area contributed by atoms with Crippen LogP contribution in [0.25, 0.3) is 22.2 Å². The summed E-state index contributed by atoms with van der Waals surface area (Å²) in [4.78, 5) is 15.3. The maximum absolute atomic E-state index is 11.0. The molecule has 5 heteroatoms. The SMILES string of the molecule is CCCCOc1cc(-c2ccccc2)nc2ccc([N+](=O)[O-])cc12. The van der Waals surface area contributed by atoms with Crippen LogP contribution >= 0.6 is 0 Å². The Morgan fingerprint density at radius 2 is 1.92 bits per heavy atom. The van der Waals surface area contributed by atoms with Gasteiger partial charge in [-0.1, -0.05) is 43.7 Å². The van der Waals surface area contributed by atoms with Crippen LogP contribution in [0.2, 0.25) is 0 Å². The zero-order chi connectivity index (χ0) is 16.9. The second-order valence-corrected chi connectivity index (χ2v) is 5.53. The van der Waals surface area contributed by atoms with E-state index in [1.165, 1.54) is 12.1 Å². The van der Waals surface area contributed by atoms with Gasteiger partial charge in [0.25, 0.3) is 5.69 Å². The Kier molecular flexibility index (Phi) is 4.70. The molecule has 3 aromatic rings. The van der Waals surface area contributed by atoms with Crippen molar-refractivity contribution in [3.05, 3.63) is 64.7 Å². The fourth-order valence-electron chi connectivity index (χ4n) is 2.50. The number of nitro groups is 1. The standard InChI is InChI=1S/C19H18N2O3/c1-2-3-11-24-19-13-18(14-7-5-4-6-8-14)20-17-10-9-15(21(22)23)12-16(17)19/h4-10,12-13H,2-3,11H2,1H3. The third-order valence-corrected chi connectivity index (χ3v) is 3.79. The van der Waals surface area contributed by atoms with E-state index >= 15 is 0 Å². The average Bonchev–Trinajstić information content (AvgIpc) is 2.62. The van der Waals surface area contributed by atoms with E-state index < -0.39 is 4.92 Å². The molecule has 1 aromatic heterocycles. The molecular weight excluding hydrogens is 304 g/mol. The lowest BCUT2D eigenvalue weighted by Crippen LogP contribution is -1.99. The number of hydrogen-bond acceptors (Lipinski definition) is 4. The Hall–Kier alpha value is -2.95. The van der Waals surface area contributed by atoms with Crippen molar-refractivity contribution in [2.75, 3.05) is 6.61 Å². The van der Waals surface area contributed by atoms with Crippen molar-refractivity contribution in [3.8, 4) is 17.0 Å². The Morgan fingerprint density at radius 1 is 1.12 bits per heavy atom. The van der Waals surface area contributed by atoms with Crippen LogP contribution in [0.5, 0.6) is 5.75 Å². The van der Waals surface area contributed by atoms with E-state index in [9.17, 15) is 10.1 Å². The molecular formula is C19H18N2O3. The normalized spacial score (nSPS) is 10.7. The van der Waals surface area contributed by atoms with Gasteiger partial charge >= 0.3 is 0 Å². The van der Waals surface area contributed by atoms with Crippen LogP contribution < -0.4 is 4.74 Å². The quantitative estimate of drug-likeness (QED) is 0.364. The van der Waals surface area contributed by atoms with Gasteiger partial charge in [0.1, 0.15) is 5.75 Å². The Bertz CT molecular complexity index is 863. The molecule has 0 unspecified atom stereocenters. The van der Waals surface area contributed by atoms with Gasteiger partial charge < -0.3 is 4.74 Å². The van der Waals surface area contributed by atoms with Crippen molar-refractivity contribution in [2.45, 2.75) is 19.8 Å². The predicted molar refractivity (Wildman–Crippen MR) is 94.2 cm³/mol. The van der Waals surface area contributed by atoms with E-state index in [1.807, 2.05) is 36.4 Å². The Balaban J connectivity index is 2.12. The highest BCUT2D eigenvalue weighted by atomic mass is 16.6. The van der Waals surface area contributed by atoms with Crippen LogP contribution in [-0.2, 0) is 0 Å². The van der Waals surface area contributed by atoms with Crippen molar-refractivity contribution >= 4 is 16.6 Å². The average molecular weight is 322 g/mol. The number of unbranched alkanes of at least 4 members (excludes halogenated alkanes) is 1. The summed E-state index contributed by atoms with van der Waals surface area (Å²) >= 11 is 0. The van der Waals surface area contributed by atoms with Crippen molar-refractivity contribution in [3.63, 3.8) is 0 Å². The van der Waals surface area contributed by atoms with Crippen LogP contribution in [0.1, 0.15) is 19.8 Å². The summed E-state index contributed by atoms with van der Waals surface area (Å²) in [6.45, 7) is 2.67. The van der Waals surface area contributed by atoms with Gasteiger partial charge in [0.2, 0.25) is 0 Å². The van der Waals surface area contributed by atoms with Crippen LogP contribution in [0.4, 0.5) is 5.69 Å². The van der Waals surface area contributed by atoms with E-state index in [0.29, 0.717) is 23.3 Å². The van der Waals surface area contributed by atoms with Gasteiger partial charge in [0.15, 0.2) is 0 Å². The van der Waals surface area contributed by atoms with Gasteiger partial charge in [-0.05, 0) is 12.5 Å². The maximum atomic E-state index is 11.0. The minimum Gasteiger partial charge on any atom is -0.493 e. The molecule has 0 saturated heterocycles. The first-order valence-corrected chi connectivity index (χ1v) is 7.96. The molecule has 1 heterocycles.